The zero-order chi connectivity index (χ0) is 11.9. The Morgan fingerprint density at radius 3 is 2.62 bits per heavy atom. The first-order chi connectivity index (χ1) is 7.41. The van der Waals surface area contributed by atoms with E-state index in [0.29, 0.717) is 17.5 Å². The smallest absolute Gasteiger partial charge is 0.335 e. The maximum Gasteiger partial charge on any atom is 0.335 e. The van der Waals surface area contributed by atoms with Crippen molar-refractivity contribution in [2.75, 3.05) is 6.26 Å². The minimum absolute atomic E-state index is 0.181. The second-order valence-corrected chi connectivity index (χ2v) is 5.67. The summed E-state index contributed by atoms with van der Waals surface area (Å²) >= 11 is 0. The van der Waals surface area contributed by atoms with Crippen molar-refractivity contribution in [2.45, 2.75) is 11.3 Å². The Hall–Kier alpha value is -1.62. The molecule has 0 aliphatic heterocycles. The molecule has 1 N–H and O–H groups in total. The molecule has 0 unspecified atom stereocenters. The fourth-order valence-corrected chi connectivity index (χ4v) is 2.86. The van der Waals surface area contributed by atoms with Crippen LogP contribution in [0, 0.1) is 0 Å². The molecule has 1 aliphatic carbocycles. The van der Waals surface area contributed by atoms with Crippen molar-refractivity contribution in [3.05, 3.63) is 35.4 Å². The van der Waals surface area contributed by atoms with Crippen LogP contribution < -0.4 is 0 Å². The maximum atomic E-state index is 11.5. The molecular formula is C11H10O4S. The van der Waals surface area contributed by atoms with Crippen LogP contribution in [0.3, 0.4) is 0 Å². The normalized spacial score (nSPS) is 14.4. The van der Waals surface area contributed by atoms with E-state index in [-0.39, 0.29) is 10.5 Å². The van der Waals surface area contributed by atoms with E-state index < -0.39 is 15.8 Å². The van der Waals surface area contributed by atoms with Gasteiger partial charge in [-0.15, -0.1) is 0 Å². The van der Waals surface area contributed by atoms with Gasteiger partial charge in [0.05, 0.1) is 10.5 Å². The van der Waals surface area contributed by atoms with Crippen LogP contribution in [0.5, 0.6) is 0 Å². The SMILES string of the molecule is CS(=O)(=O)c1cccc2c1CC=C2C(=O)O. The summed E-state index contributed by atoms with van der Waals surface area (Å²) in [5.41, 5.74) is 1.28. The van der Waals surface area contributed by atoms with Gasteiger partial charge in [0.1, 0.15) is 0 Å². The highest BCUT2D eigenvalue weighted by Gasteiger charge is 2.24. The summed E-state index contributed by atoms with van der Waals surface area (Å²) < 4.78 is 23.0. The lowest BCUT2D eigenvalue weighted by Gasteiger charge is -2.06. The number of carboxylic acids is 1. The first kappa shape index (κ1) is 10.9. The highest BCUT2D eigenvalue weighted by Crippen LogP contribution is 2.32. The number of carboxylic acid groups (broad SMARTS) is 1. The van der Waals surface area contributed by atoms with E-state index in [9.17, 15) is 13.2 Å². The first-order valence-corrected chi connectivity index (χ1v) is 6.56. The summed E-state index contributed by atoms with van der Waals surface area (Å²) in [6.45, 7) is 0. The first-order valence-electron chi connectivity index (χ1n) is 4.67. The number of allylic oxidation sites excluding steroid dienone is 1. The highest BCUT2D eigenvalue weighted by molar-refractivity contribution is 7.90. The van der Waals surface area contributed by atoms with Crippen LogP contribution >= 0.6 is 0 Å². The molecule has 4 nitrogen and oxygen atoms in total. The number of hydrogen-bond acceptors (Lipinski definition) is 3. The van der Waals surface area contributed by atoms with Crippen molar-refractivity contribution >= 4 is 21.4 Å². The Labute approximate surface area is 93.1 Å². The Kier molecular flexibility index (Phi) is 2.35. The molecule has 0 fully saturated rings. The van der Waals surface area contributed by atoms with Gasteiger partial charge >= 0.3 is 5.97 Å². The number of hydrogen-bond donors (Lipinski definition) is 1. The predicted molar refractivity (Wildman–Crippen MR) is 58.9 cm³/mol. The van der Waals surface area contributed by atoms with E-state index in [1.165, 1.54) is 6.07 Å². The Morgan fingerprint density at radius 2 is 2.06 bits per heavy atom. The lowest BCUT2D eigenvalue weighted by molar-refractivity contribution is -0.130. The summed E-state index contributed by atoms with van der Waals surface area (Å²) in [4.78, 5) is 11.1. The highest BCUT2D eigenvalue weighted by atomic mass is 32.2. The second kappa shape index (κ2) is 3.45. The van der Waals surface area contributed by atoms with Gasteiger partial charge in [-0.25, -0.2) is 13.2 Å². The van der Waals surface area contributed by atoms with E-state index >= 15 is 0 Å². The average molecular weight is 238 g/mol. The molecule has 1 aromatic carbocycles. The van der Waals surface area contributed by atoms with Gasteiger partial charge in [0.15, 0.2) is 9.84 Å². The van der Waals surface area contributed by atoms with Crippen LogP contribution in [0.2, 0.25) is 0 Å². The molecule has 0 amide bonds. The van der Waals surface area contributed by atoms with Crippen LogP contribution in [-0.2, 0) is 21.1 Å². The third kappa shape index (κ3) is 1.63. The molecule has 0 atom stereocenters. The molecule has 0 aromatic heterocycles. The van der Waals surface area contributed by atoms with Gasteiger partial charge in [0.2, 0.25) is 0 Å². The van der Waals surface area contributed by atoms with Crippen molar-refractivity contribution in [3.8, 4) is 0 Å². The van der Waals surface area contributed by atoms with E-state index in [0.717, 1.165) is 6.26 Å². The third-order valence-corrected chi connectivity index (χ3v) is 3.74. The standard InChI is InChI=1S/C11H10O4S/c1-16(14,15)10-4-2-3-7-8(10)5-6-9(7)11(12)13/h2-4,6H,5H2,1H3,(H,12,13). The van der Waals surface area contributed by atoms with Gasteiger partial charge in [0, 0.05) is 6.26 Å². The Balaban J connectivity index is 2.66. The van der Waals surface area contributed by atoms with Crippen LogP contribution in [0.1, 0.15) is 11.1 Å². The predicted octanol–water partition coefficient (Wildman–Crippen LogP) is 1.11. The van der Waals surface area contributed by atoms with E-state index in [1.54, 1.807) is 18.2 Å². The lowest BCUT2D eigenvalue weighted by atomic mass is 10.1. The molecular weight excluding hydrogens is 228 g/mol. The van der Waals surface area contributed by atoms with Crippen molar-refractivity contribution in [2.24, 2.45) is 0 Å². The minimum atomic E-state index is -3.30. The number of sulfone groups is 1. The van der Waals surface area contributed by atoms with Gasteiger partial charge in [-0.3, -0.25) is 0 Å². The summed E-state index contributed by atoms with van der Waals surface area (Å²) in [5, 5.41) is 8.94. The summed E-state index contributed by atoms with van der Waals surface area (Å²) in [6, 6.07) is 4.71. The lowest BCUT2D eigenvalue weighted by Crippen LogP contribution is -2.04. The van der Waals surface area contributed by atoms with Gasteiger partial charge in [-0.05, 0) is 23.6 Å². The quantitative estimate of drug-likeness (QED) is 0.837. The van der Waals surface area contributed by atoms with Crippen LogP contribution in [-0.4, -0.2) is 25.7 Å². The fraction of sp³-hybridized carbons (Fsp3) is 0.182. The van der Waals surface area contributed by atoms with Crippen molar-refractivity contribution < 1.29 is 18.3 Å². The van der Waals surface area contributed by atoms with Gasteiger partial charge in [-0.2, -0.15) is 0 Å². The van der Waals surface area contributed by atoms with Crippen LogP contribution in [0.4, 0.5) is 0 Å². The van der Waals surface area contributed by atoms with E-state index in [4.69, 9.17) is 5.11 Å². The summed E-state index contributed by atoms with van der Waals surface area (Å²) in [7, 11) is -3.30. The molecule has 0 saturated carbocycles. The summed E-state index contributed by atoms with van der Waals surface area (Å²) in [5.74, 6) is -1.02. The second-order valence-electron chi connectivity index (χ2n) is 3.68. The van der Waals surface area contributed by atoms with Crippen molar-refractivity contribution in [3.63, 3.8) is 0 Å². The number of carbonyl (C=O) groups is 1. The molecule has 1 aliphatic rings. The van der Waals surface area contributed by atoms with Crippen molar-refractivity contribution in [1.82, 2.24) is 0 Å². The Bertz CT molecular complexity index is 596. The van der Waals surface area contributed by atoms with Gasteiger partial charge in [0.25, 0.3) is 0 Å². The van der Waals surface area contributed by atoms with E-state index in [1.807, 2.05) is 0 Å². The minimum Gasteiger partial charge on any atom is -0.478 e. The van der Waals surface area contributed by atoms with Gasteiger partial charge in [-0.1, -0.05) is 18.2 Å². The Morgan fingerprint density at radius 1 is 1.38 bits per heavy atom. The van der Waals surface area contributed by atoms with Crippen molar-refractivity contribution in [1.29, 1.82) is 0 Å². The molecule has 0 saturated heterocycles. The van der Waals surface area contributed by atoms with Crippen LogP contribution in [0.25, 0.3) is 5.57 Å². The molecule has 0 spiro atoms. The molecule has 0 heterocycles. The molecule has 2 rings (SSSR count). The fourth-order valence-electron chi connectivity index (χ4n) is 1.89. The third-order valence-electron chi connectivity index (χ3n) is 2.56. The average Bonchev–Trinajstić information content (AvgIpc) is 2.58. The zero-order valence-corrected chi connectivity index (χ0v) is 9.41. The molecule has 0 radical (unpaired) electrons. The maximum absolute atomic E-state index is 11.5. The number of benzene rings is 1. The number of aliphatic carboxylic acids is 1. The molecule has 5 heteroatoms. The van der Waals surface area contributed by atoms with Gasteiger partial charge < -0.3 is 5.11 Å². The molecule has 0 bridgehead atoms. The summed E-state index contributed by atoms with van der Waals surface area (Å²) in [6.07, 6.45) is 3.03. The largest absolute Gasteiger partial charge is 0.478 e. The monoisotopic (exact) mass is 238 g/mol. The topological polar surface area (TPSA) is 71.4 Å². The van der Waals surface area contributed by atoms with Crippen LogP contribution in [0.15, 0.2) is 29.2 Å². The molecule has 84 valence electrons. The molecule has 16 heavy (non-hydrogen) atoms. The van der Waals surface area contributed by atoms with E-state index in [2.05, 4.69) is 0 Å². The molecule has 1 aromatic rings. The number of rotatable bonds is 2. The zero-order valence-electron chi connectivity index (χ0n) is 8.60. The number of fused-ring (bicyclic) bond motifs is 1.